The van der Waals surface area contributed by atoms with E-state index in [1.54, 1.807) is 7.11 Å². The Morgan fingerprint density at radius 2 is 2.12 bits per heavy atom. The number of hydrogen-bond acceptors (Lipinski definition) is 9. The Hall–Kier alpha value is -3.30. The van der Waals surface area contributed by atoms with Crippen LogP contribution in [0.15, 0.2) is 28.8 Å². The van der Waals surface area contributed by atoms with Gasteiger partial charge < -0.3 is 14.0 Å². The Morgan fingerprint density at radius 1 is 1.29 bits per heavy atom. The van der Waals surface area contributed by atoms with E-state index in [0.29, 0.717) is 23.0 Å². The number of methoxy groups -OCH3 is 2. The van der Waals surface area contributed by atoms with E-state index >= 15 is 0 Å². The maximum atomic E-state index is 11.2. The average Bonchev–Trinajstić information content (AvgIpc) is 3.24. The van der Waals surface area contributed by atoms with Gasteiger partial charge >= 0.3 is 5.97 Å². The molecule has 10 heteroatoms. The van der Waals surface area contributed by atoms with E-state index in [1.165, 1.54) is 11.9 Å². The topological polar surface area (TPSA) is 118 Å². The van der Waals surface area contributed by atoms with Gasteiger partial charge in [0, 0.05) is 0 Å². The van der Waals surface area contributed by atoms with Crippen molar-refractivity contribution in [3.8, 4) is 17.1 Å². The summed E-state index contributed by atoms with van der Waals surface area (Å²) < 4.78 is 15.0. The number of benzene rings is 1. The third-order valence-electron chi connectivity index (χ3n) is 3.12. The molecule has 24 heavy (non-hydrogen) atoms. The minimum Gasteiger partial charge on any atom is -0.496 e. The van der Waals surface area contributed by atoms with E-state index in [-0.39, 0.29) is 18.8 Å². The maximum absolute atomic E-state index is 11.2. The van der Waals surface area contributed by atoms with Crippen molar-refractivity contribution in [3.05, 3.63) is 36.0 Å². The number of carbonyl (C=O) groups excluding carboxylic acids is 1. The molecule has 0 spiro atoms. The zero-order chi connectivity index (χ0) is 16.9. The van der Waals surface area contributed by atoms with Crippen LogP contribution in [0.2, 0.25) is 0 Å². The number of para-hydroxylation sites is 1. The fourth-order valence-electron chi connectivity index (χ4n) is 1.99. The Labute approximate surface area is 136 Å². The van der Waals surface area contributed by atoms with Crippen molar-refractivity contribution in [2.75, 3.05) is 14.2 Å². The first kappa shape index (κ1) is 15.6. The molecule has 0 aliphatic carbocycles. The molecule has 124 valence electrons. The molecular weight excluding hydrogens is 316 g/mol. The lowest BCUT2D eigenvalue weighted by Gasteiger charge is -2.02. The van der Waals surface area contributed by atoms with Gasteiger partial charge in [0.05, 0.1) is 19.8 Å². The summed E-state index contributed by atoms with van der Waals surface area (Å²) in [6.45, 7) is 0.135. The molecule has 3 rings (SSSR count). The Bertz CT molecular complexity index is 843. The van der Waals surface area contributed by atoms with Gasteiger partial charge in [-0.1, -0.05) is 17.3 Å². The number of tetrazole rings is 1. The summed E-state index contributed by atoms with van der Waals surface area (Å²) >= 11 is 0. The SMILES string of the molecule is COC(=O)Cc1nnn(Cc2nc(-c3ccccc3OC)no2)n1. The molecule has 0 amide bonds. The molecule has 0 atom stereocenters. The van der Waals surface area contributed by atoms with Crippen LogP contribution in [0.25, 0.3) is 11.4 Å². The van der Waals surface area contributed by atoms with Crippen molar-refractivity contribution in [2.45, 2.75) is 13.0 Å². The van der Waals surface area contributed by atoms with Crippen molar-refractivity contribution in [2.24, 2.45) is 0 Å². The second-order valence-electron chi connectivity index (χ2n) is 4.70. The normalized spacial score (nSPS) is 10.6. The molecule has 1 aromatic carbocycles. The van der Waals surface area contributed by atoms with Gasteiger partial charge in [0.2, 0.25) is 5.82 Å². The van der Waals surface area contributed by atoms with Gasteiger partial charge in [-0.3, -0.25) is 4.79 Å². The summed E-state index contributed by atoms with van der Waals surface area (Å²) in [6.07, 6.45) is -0.0488. The predicted octanol–water partition coefficient (Wildman–Crippen LogP) is 0.495. The van der Waals surface area contributed by atoms with E-state index in [0.717, 1.165) is 0 Å². The summed E-state index contributed by atoms with van der Waals surface area (Å²) in [4.78, 5) is 16.7. The van der Waals surface area contributed by atoms with Crippen LogP contribution in [0, 0.1) is 0 Å². The number of carbonyl (C=O) groups is 1. The molecule has 0 saturated heterocycles. The predicted molar refractivity (Wildman–Crippen MR) is 78.9 cm³/mol. The molecule has 0 N–H and O–H groups in total. The summed E-state index contributed by atoms with van der Waals surface area (Å²) in [5.74, 6) is 1.16. The van der Waals surface area contributed by atoms with Crippen LogP contribution in [0.3, 0.4) is 0 Å². The average molecular weight is 330 g/mol. The standard InChI is InChI=1S/C14H14N6O4/c1-22-10-6-4-3-5-9(10)14-15-12(24-18-14)8-20-17-11(16-19-20)7-13(21)23-2/h3-6H,7-8H2,1-2H3. The largest absolute Gasteiger partial charge is 0.496 e. The molecule has 0 unspecified atom stereocenters. The lowest BCUT2D eigenvalue weighted by molar-refractivity contribution is -0.139. The third kappa shape index (κ3) is 3.37. The van der Waals surface area contributed by atoms with Crippen LogP contribution in [0.1, 0.15) is 11.7 Å². The summed E-state index contributed by atoms with van der Waals surface area (Å²) in [7, 11) is 2.87. The molecule has 0 saturated carbocycles. The molecule has 2 aromatic heterocycles. The van der Waals surface area contributed by atoms with Gasteiger partial charge in [-0.25, -0.2) is 0 Å². The number of hydrogen-bond donors (Lipinski definition) is 0. The highest BCUT2D eigenvalue weighted by atomic mass is 16.5. The molecule has 0 radical (unpaired) electrons. The molecule has 10 nitrogen and oxygen atoms in total. The van der Waals surface area contributed by atoms with Crippen molar-refractivity contribution in [3.63, 3.8) is 0 Å². The van der Waals surface area contributed by atoms with Crippen LogP contribution in [-0.4, -0.2) is 50.5 Å². The zero-order valence-electron chi connectivity index (χ0n) is 13.0. The number of esters is 1. The van der Waals surface area contributed by atoms with Gasteiger partial charge in [-0.05, 0) is 17.3 Å². The Kier molecular flexibility index (Phi) is 4.45. The first-order chi connectivity index (χ1) is 11.7. The number of ether oxygens (including phenoxy) is 2. The Morgan fingerprint density at radius 3 is 2.92 bits per heavy atom. The minimum absolute atomic E-state index is 0.0488. The smallest absolute Gasteiger partial charge is 0.313 e. The molecule has 0 aliphatic rings. The maximum Gasteiger partial charge on any atom is 0.313 e. The van der Waals surface area contributed by atoms with Crippen LogP contribution in [-0.2, 0) is 22.5 Å². The van der Waals surface area contributed by atoms with E-state index in [1.807, 2.05) is 24.3 Å². The van der Waals surface area contributed by atoms with Gasteiger partial charge in [0.1, 0.15) is 18.7 Å². The lowest BCUT2D eigenvalue weighted by Crippen LogP contribution is -2.08. The van der Waals surface area contributed by atoms with Gasteiger partial charge in [-0.2, -0.15) is 9.78 Å². The Balaban J connectivity index is 1.73. The molecule has 0 aliphatic heterocycles. The van der Waals surface area contributed by atoms with Crippen LogP contribution in [0.4, 0.5) is 0 Å². The quantitative estimate of drug-likeness (QED) is 0.595. The molecular formula is C14H14N6O4. The van der Waals surface area contributed by atoms with Gasteiger partial charge in [0.25, 0.3) is 5.89 Å². The number of aromatic nitrogens is 6. The highest BCUT2D eigenvalue weighted by Gasteiger charge is 2.15. The fourth-order valence-corrected chi connectivity index (χ4v) is 1.99. The highest BCUT2D eigenvalue weighted by Crippen LogP contribution is 2.26. The molecule has 3 aromatic rings. The molecule has 0 bridgehead atoms. The summed E-state index contributed by atoms with van der Waals surface area (Å²) in [6, 6.07) is 7.34. The van der Waals surface area contributed by atoms with Gasteiger partial charge in [0.15, 0.2) is 5.82 Å². The van der Waals surface area contributed by atoms with Gasteiger partial charge in [-0.15, -0.1) is 10.2 Å². The highest BCUT2D eigenvalue weighted by molar-refractivity contribution is 5.71. The fraction of sp³-hybridized carbons (Fsp3) is 0.286. The second-order valence-corrected chi connectivity index (χ2v) is 4.70. The van der Waals surface area contributed by atoms with E-state index in [9.17, 15) is 4.79 Å². The van der Waals surface area contributed by atoms with Crippen molar-refractivity contribution < 1.29 is 18.8 Å². The van der Waals surface area contributed by atoms with E-state index in [2.05, 4.69) is 30.3 Å². The number of rotatable bonds is 6. The third-order valence-corrected chi connectivity index (χ3v) is 3.12. The first-order valence-corrected chi connectivity index (χ1v) is 6.99. The minimum atomic E-state index is -0.439. The van der Waals surface area contributed by atoms with Crippen LogP contribution < -0.4 is 4.74 Å². The van der Waals surface area contributed by atoms with Crippen molar-refractivity contribution >= 4 is 5.97 Å². The molecule has 2 heterocycles. The number of nitrogens with zero attached hydrogens (tertiary/aromatic N) is 6. The van der Waals surface area contributed by atoms with E-state index in [4.69, 9.17) is 9.26 Å². The van der Waals surface area contributed by atoms with Crippen LogP contribution >= 0.6 is 0 Å². The van der Waals surface area contributed by atoms with E-state index < -0.39 is 5.97 Å². The van der Waals surface area contributed by atoms with Crippen molar-refractivity contribution in [1.29, 1.82) is 0 Å². The summed E-state index contributed by atoms with van der Waals surface area (Å²) in [5.41, 5.74) is 0.716. The van der Waals surface area contributed by atoms with Crippen molar-refractivity contribution in [1.82, 2.24) is 30.3 Å². The first-order valence-electron chi connectivity index (χ1n) is 6.99. The van der Waals surface area contributed by atoms with Crippen LogP contribution in [0.5, 0.6) is 5.75 Å². The second kappa shape index (κ2) is 6.86. The monoisotopic (exact) mass is 330 g/mol. The zero-order valence-corrected chi connectivity index (χ0v) is 13.0. The molecule has 0 fully saturated rings. The summed E-state index contributed by atoms with van der Waals surface area (Å²) in [5, 5.41) is 15.6. The lowest BCUT2D eigenvalue weighted by atomic mass is 10.2.